The molecule has 0 spiro atoms. The molecule has 4 nitrogen and oxygen atoms in total. The third-order valence-corrected chi connectivity index (χ3v) is 2.49. The van der Waals surface area contributed by atoms with E-state index in [-0.39, 0.29) is 11.9 Å². The molecule has 0 aliphatic heterocycles. The molecule has 1 aromatic heterocycles. The van der Waals surface area contributed by atoms with Crippen molar-refractivity contribution >= 4 is 0 Å². The molecule has 0 bridgehead atoms. The molecular formula is C13H21FN4. The van der Waals surface area contributed by atoms with E-state index in [9.17, 15) is 4.39 Å². The maximum absolute atomic E-state index is 12.7. The molecule has 1 unspecified atom stereocenters. The van der Waals surface area contributed by atoms with Gasteiger partial charge in [0.05, 0.1) is 17.9 Å². The minimum absolute atomic E-state index is 0.326. The highest BCUT2D eigenvalue weighted by atomic mass is 19.1. The van der Waals surface area contributed by atoms with E-state index in [1.807, 2.05) is 6.20 Å². The Labute approximate surface area is 107 Å². The van der Waals surface area contributed by atoms with E-state index in [0.717, 1.165) is 13.1 Å². The van der Waals surface area contributed by atoms with Crippen LogP contribution in [0.25, 0.3) is 0 Å². The fourth-order valence-electron chi connectivity index (χ4n) is 1.52. The van der Waals surface area contributed by atoms with Gasteiger partial charge in [0.15, 0.2) is 0 Å². The maximum atomic E-state index is 12.7. The summed E-state index contributed by atoms with van der Waals surface area (Å²) in [4.78, 5) is 3.93. The number of aromatic nitrogens is 1. The summed E-state index contributed by atoms with van der Waals surface area (Å²) >= 11 is 0. The molecule has 1 aromatic rings. The predicted molar refractivity (Wildman–Crippen MR) is 71.4 cm³/mol. The van der Waals surface area contributed by atoms with Crippen LogP contribution >= 0.6 is 0 Å². The number of nitrogens with zero attached hydrogens (tertiary/aromatic N) is 1. The fourth-order valence-corrected chi connectivity index (χ4v) is 1.52. The average Bonchev–Trinajstić information content (AvgIpc) is 2.35. The first kappa shape index (κ1) is 14.6. The largest absolute Gasteiger partial charge is 0.390 e. The highest BCUT2D eigenvalue weighted by Gasteiger charge is 2.03. The van der Waals surface area contributed by atoms with E-state index in [2.05, 4.69) is 29.5 Å². The summed E-state index contributed by atoms with van der Waals surface area (Å²) in [7, 11) is 0. The topological polar surface area (TPSA) is 63.0 Å². The third kappa shape index (κ3) is 5.25. The van der Waals surface area contributed by atoms with E-state index >= 15 is 0 Å². The van der Waals surface area contributed by atoms with Crippen molar-refractivity contribution in [3.8, 4) is 0 Å². The summed E-state index contributed by atoms with van der Waals surface area (Å²) in [5.41, 5.74) is 6.54. The SMILES string of the molecule is CCN[C@@H](C)CN/C=C\C(N)c1ccc(F)cn1. The quantitative estimate of drug-likeness (QED) is 0.685. The van der Waals surface area contributed by atoms with Gasteiger partial charge in [0.25, 0.3) is 0 Å². The van der Waals surface area contributed by atoms with Crippen LogP contribution in [0.4, 0.5) is 4.39 Å². The summed E-state index contributed by atoms with van der Waals surface area (Å²) in [6.07, 6.45) is 4.78. The Morgan fingerprint density at radius 1 is 1.50 bits per heavy atom. The summed E-state index contributed by atoms with van der Waals surface area (Å²) in [6.45, 7) is 5.95. The first-order valence-electron chi connectivity index (χ1n) is 6.14. The van der Waals surface area contributed by atoms with Crippen molar-refractivity contribution in [2.45, 2.75) is 25.9 Å². The van der Waals surface area contributed by atoms with Crippen LogP contribution in [0, 0.1) is 5.82 Å². The van der Waals surface area contributed by atoms with Crippen molar-refractivity contribution < 1.29 is 4.39 Å². The van der Waals surface area contributed by atoms with Crippen molar-refractivity contribution in [3.05, 3.63) is 42.1 Å². The zero-order valence-electron chi connectivity index (χ0n) is 10.9. The smallest absolute Gasteiger partial charge is 0.141 e. The van der Waals surface area contributed by atoms with Gasteiger partial charge in [-0.2, -0.15) is 0 Å². The second kappa shape index (κ2) is 7.79. The minimum atomic E-state index is -0.354. The summed E-state index contributed by atoms with van der Waals surface area (Å²) in [5.74, 6) is -0.354. The van der Waals surface area contributed by atoms with Gasteiger partial charge in [0.2, 0.25) is 0 Å². The Hall–Kier alpha value is -1.46. The molecule has 18 heavy (non-hydrogen) atoms. The number of likely N-dealkylation sites (N-methyl/N-ethyl adjacent to an activating group) is 1. The Balaban J connectivity index is 2.35. The van der Waals surface area contributed by atoms with Crippen molar-refractivity contribution in [3.63, 3.8) is 0 Å². The van der Waals surface area contributed by atoms with Gasteiger partial charge in [-0.25, -0.2) is 4.39 Å². The molecule has 4 N–H and O–H groups in total. The van der Waals surface area contributed by atoms with Gasteiger partial charge in [-0.15, -0.1) is 0 Å². The van der Waals surface area contributed by atoms with Crippen LogP contribution in [0.5, 0.6) is 0 Å². The van der Waals surface area contributed by atoms with Gasteiger partial charge < -0.3 is 16.4 Å². The number of nitrogens with one attached hydrogen (secondary N) is 2. The highest BCUT2D eigenvalue weighted by molar-refractivity contribution is 5.14. The second-order valence-electron chi connectivity index (χ2n) is 4.15. The van der Waals surface area contributed by atoms with Gasteiger partial charge in [0.1, 0.15) is 5.82 Å². The number of hydrogen-bond donors (Lipinski definition) is 3. The van der Waals surface area contributed by atoms with Crippen LogP contribution < -0.4 is 16.4 Å². The molecule has 1 heterocycles. The van der Waals surface area contributed by atoms with Crippen LogP contribution in [0.3, 0.4) is 0 Å². The van der Waals surface area contributed by atoms with Gasteiger partial charge >= 0.3 is 0 Å². The summed E-state index contributed by atoms with van der Waals surface area (Å²) in [5, 5.41) is 6.45. The lowest BCUT2D eigenvalue weighted by molar-refractivity contribution is 0.548. The molecule has 0 aromatic carbocycles. The van der Waals surface area contributed by atoms with Crippen LogP contribution in [0.15, 0.2) is 30.6 Å². The van der Waals surface area contributed by atoms with Crippen LogP contribution in [-0.2, 0) is 0 Å². The van der Waals surface area contributed by atoms with E-state index < -0.39 is 0 Å². The molecule has 0 aliphatic rings. The first-order chi connectivity index (χ1) is 8.63. The van der Waals surface area contributed by atoms with Crippen molar-refractivity contribution in [2.24, 2.45) is 5.73 Å². The number of nitrogens with two attached hydrogens (primary N) is 1. The van der Waals surface area contributed by atoms with Gasteiger partial charge in [-0.05, 0) is 37.9 Å². The molecule has 0 fully saturated rings. The van der Waals surface area contributed by atoms with Crippen LogP contribution in [-0.4, -0.2) is 24.1 Å². The standard InChI is InChI=1S/C13H21FN4/c1-3-17-10(2)8-16-7-6-12(15)13-5-4-11(14)9-18-13/h4-7,9-10,12,16-17H,3,8,15H2,1-2H3/b7-6-/t10-,12?/m0/s1. The Morgan fingerprint density at radius 2 is 2.28 bits per heavy atom. The van der Waals surface area contributed by atoms with Crippen molar-refractivity contribution in [1.82, 2.24) is 15.6 Å². The molecule has 0 aliphatic carbocycles. The molecule has 2 atom stereocenters. The van der Waals surface area contributed by atoms with Crippen molar-refractivity contribution in [1.29, 1.82) is 0 Å². The number of rotatable bonds is 7. The molecule has 0 saturated heterocycles. The van der Waals surface area contributed by atoms with Gasteiger partial charge in [-0.1, -0.05) is 6.92 Å². The van der Waals surface area contributed by atoms with Crippen LogP contribution in [0.2, 0.25) is 0 Å². The van der Waals surface area contributed by atoms with Gasteiger partial charge in [0, 0.05) is 12.6 Å². The van der Waals surface area contributed by atoms with E-state index in [1.165, 1.54) is 12.3 Å². The second-order valence-corrected chi connectivity index (χ2v) is 4.15. The normalized spacial score (nSPS) is 14.7. The Kier molecular flexibility index (Phi) is 6.32. The first-order valence-corrected chi connectivity index (χ1v) is 6.14. The van der Waals surface area contributed by atoms with Crippen LogP contribution in [0.1, 0.15) is 25.6 Å². The minimum Gasteiger partial charge on any atom is -0.390 e. The molecule has 0 saturated carbocycles. The zero-order chi connectivity index (χ0) is 13.4. The summed E-state index contributed by atoms with van der Waals surface area (Å²) in [6, 6.07) is 3.02. The number of halogens is 1. The lowest BCUT2D eigenvalue weighted by Crippen LogP contribution is -2.34. The Bertz CT molecular complexity index is 364. The molecule has 100 valence electrons. The average molecular weight is 252 g/mol. The zero-order valence-corrected chi connectivity index (χ0v) is 10.9. The molecule has 0 amide bonds. The molecular weight excluding hydrogens is 231 g/mol. The van der Waals surface area contributed by atoms with Gasteiger partial charge in [-0.3, -0.25) is 4.98 Å². The lowest BCUT2D eigenvalue weighted by atomic mass is 10.2. The lowest BCUT2D eigenvalue weighted by Gasteiger charge is -2.12. The fraction of sp³-hybridized carbons (Fsp3) is 0.462. The Morgan fingerprint density at radius 3 is 2.89 bits per heavy atom. The maximum Gasteiger partial charge on any atom is 0.141 e. The number of hydrogen-bond acceptors (Lipinski definition) is 4. The predicted octanol–water partition coefficient (Wildman–Crippen LogP) is 1.32. The molecule has 1 rings (SSSR count). The monoisotopic (exact) mass is 252 g/mol. The van der Waals surface area contributed by atoms with Crippen molar-refractivity contribution in [2.75, 3.05) is 13.1 Å². The summed E-state index contributed by atoms with van der Waals surface area (Å²) < 4.78 is 12.7. The third-order valence-electron chi connectivity index (χ3n) is 2.49. The number of pyridine rings is 1. The van der Waals surface area contributed by atoms with E-state index in [4.69, 9.17) is 5.73 Å². The highest BCUT2D eigenvalue weighted by Crippen LogP contribution is 2.08. The van der Waals surface area contributed by atoms with E-state index in [0.29, 0.717) is 11.7 Å². The van der Waals surface area contributed by atoms with E-state index in [1.54, 1.807) is 12.1 Å². The molecule has 0 radical (unpaired) electrons. The molecule has 5 heteroatoms.